The zero-order chi connectivity index (χ0) is 12.4. The van der Waals surface area contributed by atoms with E-state index in [-0.39, 0.29) is 17.9 Å². The van der Waals surface area contributed by atoms with Gasteiger partial charge in [-0.05, 0) is 29.3 Å². The quantitative estimate of drug-likeness (QED) is 0.894. The van der Waals surface area contributed by atoms with E-state index in [0.717, 1.165) is 25.9 Å². The average Bonchev–Trinajstić information content (AvgIpc) is 2.83. The first-order chi connectivity index (χ1) is 8.13. The average molecular weight is 252 g/mol. The van der Waals surface area contributed by atoms with Crippen LogP contribution in [0.2, 0.25) is 0 Å². The van der Waals surface area contributed by atoms with Crippen LogP contribution in [0.5, 0.6) is 0 Å². The molecule has 0 spiro atoms. The molecule has 94 valence electrons. The number of carbonyl (C=O) groups excluding carboxylic acids is 1. The van der Waals surface area contributed by atoms with Crippen molar-refractivity contribution in [2.24, 2.45) is 11.7 Å². The number of nitrogens with two attached hydrogens (primary N) is 1. The van der Waals surface area contributed by atoms with Crippen LogP contribution >= 0.6 is 11.3 Å². The number of hydrogen-bond acceptors (Lipinski definition) is 3. The summed E-state index contributed by atoms with van der Waals surface area (Å²) in [5.74, 6) is 0.363. The highest BCUT2D eigenvalue weighted by molar-refractivity contribution is 7.10. The molecule has 2 rings (SSSR count). The zero-order valence-electron chi connectivity index (χ0n) is 10.5. The van der Waals surface area contributed by atoms with Crippen molar-refractivity contribution in [1.29, 1.82) is 0 Å². The Morgan fingerprint density at radius 1 is 1.65 bits per heavy atom. The molecule has 0 bridgehead atoms. The molecule has 17 heavy (non-hydrogen) atoms. The van der Waals surface area contributed by atoms with Gasteiger partial charge in [0.25, 0.3) is 0 Å². The minimum atomic E-state index is -0.347. The molecule has 0 aromatic carbocycles. The highest BCUT2D eigenvalue weighted by Gasteiger charge is 2.27. The van der Waals surface area contributed by atoms with E-state index in [2.05, 4.69) is 18.4 Å². The van der Waals surface area contributed by atoms with Gasteiger partial charge in [0.2, 0.25) is 5.91 Å². The largest absolute Gasteiger partial charge is 0.337 e. The molecule has 2 atom stereocenters. The molecule has 1 unspecified atom stereocenters. The van der Waals surface area contributed by atoms with Crippen LogP contribution in [0, 0.1) is 5.92 Å². The van der Waals surface area contributed by atoms with Crippen molar-refractivity contribution in [2.45, 2.75) is 39.3 Å². The van der Waals surface area contributed by atoms with Crippen molar-refractivity contribution < 1.29 is 4.79 Å². The Kier molecular flexibility index (Phi) is 3.84. The predicted molar refractivity (Wildman–Crippen MR) is 70.9 cm³/mol. The maximum Gasteiger partial charge on any atom is 0.240 e. The SMILES string of the molecule is CCC(C)[C@H](N)C(=O)N1CCc2sccc2C1. The third-order valence-electron chi connectivity index (χ3n) is 3.66. The van der Waals surface area contributed by atoms with Crippen molar-refractivity contribution >= 4 is 17.2 Å². The third-order valence-corrected chi connectivity index (χ3v) is 4.68. The van der Waals surface area contributed by atoms with Gasteiger partial charge in [0.1, 0.15) is 0 Å². The van der Waals surface area contributed by atoms with Gasteiger partial charge in [-0.25, -0.2) is 0 Å². The highest BCUT2D eigenvalue weighted by atomic mass is 32.1. The van der Waals surface area contributed by atoms with Crippen molar-refractivity contribution in [3.8, 4) is 0 Å². The predicted octanol–water partition coefficient (Wildman–Crippen LogP) is 2.01. The molecule has 0 aliphatic carbocycles. The molecule has 0 saturated carbocycles. The van der Waals surface area contributed by atoms with Crippen LogP contribution < -0.4 is 5.73 Å². The van der Waals surface area contributed by atoms with Gasteiger partial charge in [0.05, 0.1) is 6.04 Å². The number of nitrogens with zero attached hydrogens (tertiary/aromatic N) is 1. The molecule has 4 heteroatoms. The van der Waals surface area contributed by atoms with E-state index >= 15 is 0 Å². The first-order valence-electron chi connectivity index (χ1n) is 6.23. The van der Waals surface area contributed by atoms with Gasteiger partial charge < -0.3 is 10.6 Å². The molecule has 1 aliphatic rings. The number of fused-ring (bicyclic) bond motifs is 1. The second-order valence-corrected chi connectivity index (χ2v) is 5.79. The fraction of sp³-hybridized carbons (Fsp3) is 0.615. The monoisotopic (exact) mass is 252 g/mol. The molecule has 2 N–H and O–H groups in total. The van der Waals surface area contributed by atoms with Gasteiger partial charge >= 0.3 is 0 Å². The van der Waals surface area contributed by atoms with Crippen LogP contribution in [0.25, 0.3) is 0 Å². The van der Waals surface area contributed by atoms with E-state index < -0.39 is 0 Å². The molecule has 2 heterocycles. The summed E-state index contributed by atoms with van der Waals surface area (Å²) < 4.78 is 0. The summed E-state index contributed by atoms with van der Waals surface area (Å²) in [4.78, 5) is 15.6. The molecular formula is C13H20N2OS. The Labute approximate surface area is 107 Å². The molecule has 0 radical (unpaired) electrons. The van der Waals surface area contributed by atoms with Gasteiger partial charge in [-0.15, -0.1) is 11.3 Å². The molecule has 1 aromatic rings. The van der Waals surface area contributed by atoms with E-state index in [4.69, 9.17) is 5.73 Å². The lowest BCUT2D eigenvalue weighted by atomic mass is 9.98. The van der Waals surface area contributed by atoms with Crippen LogP contribution in [0.1, 0.15) is 30.7 Å². The lowest BCUT2D eigenvalue weighted by molar-refractivity contribution is -0.134. The van der Waals surface area contributed by atoms with Crippen molar-refractivity contribution in [3.63, 3.8) is 0 Å². The first-order valence-corrected chi connectivity index (χ1v) is 7.11. The van der Waals surface area contributed by atoms with E-state index in [1.165, 1.54) is 10.4 Å². The summed E-state index contributed by atoms with van der Waals surface area (Å²) in [6, 6.07) is 1.77. The topological polar surface area (TPSA) is 46.3 Å². The Morgan fingerprint density at radius 3 is 3.12 bits per heavy atom. The standard InChI is InChI=1S/C13H20N2OS/c1-3-9(2)12(14)13(16)15-6-4-11-10(8-15)5-7-17-11/h5,7,9,12H,3-4,6,8,14H2,1-2H3/t9?,12-/m0/s1. The summed E-state index contributed by atoms with van der Waals surface area (Å²) in [6.07, 6.45) is 1.93. The molecule has 0 saturated heterocycles. The van der Waals surface area contributed by atoms with Crippen molar-refractivity contribution in [2.75, 3.05) is 6.54 Å². The summed E-state index contributed by atoms with van der Waals surface area (Å²) >= 11 is 1.79. The molecule has 1 aliphatic heterocycles. The summed E-state index contributed by atoms with van der Waals surface area (Å²) in [5.41, 5.74) is 7.31. The van der Waals surface area contributed by atoms with Crippen molar-refractivity contribution in [1.82, 2.24) is 4.90 Å². The normalized spacial score (nSPS) is 18.6. The number of hydrogen-bond donors (Lipinski definition) is 1. The minimum absolute atomic E-state index is 0.108. The maximum absolute atomic E-state index is 12.2. The number of rotatable bonds is 3. The number of carbonyl (C=O) groups is 1. The zero-order valence-corrected chi connectivity index (χ0v) is 11.3. The van der Waals surface area contributed by atoms with Crippen LogP contribution in [-0.2, 0) is 17.8 Å². The Balaban J connectivity index is 2.03. The van der Waals surface area contributed by atoms with E-state index in [1.54, 1.807) is 11.3 Å². The molecular weight excluding hydrogens is 232 g/mol. The molecule has 1 amide bonds. The molecule has 1 aromatic heterocycles. The van der Waals surface area contributed by atoms with Crippen LogP contribution in [0.3, 0.4) is 0 Å². The number of amides is 1. The van der Waals surface area contributed by atoms with Gasteiger partial charge in [0, 0.05) is 18.0 Å². The molecule has 0 fully saturated rings. The van der Waals surface area contributed by atoms with E-state index in [9.17, 15) is 4.79 Å². The van der Waals surface area contributed by atoms with Crippen LogP contribution in [0.4, 0.5) is 0 Å². The minimum Gasteiger partial charge on any atom is -0.337 e. The van der Waals surface area contributed by atoms with E-state index in [0.29, 0.717) is 0 Å². The lowest BCUT2D eigenvalue weighted by Gasteiger charge is -2.31. The maximum atomic E-state index is 12.2. The van der Waals surface area contributed by atoms with Crippen LogP contribution in [-0.4, -0.2) is 23.4 Å². The van der Waals surface area contributed by atoms with Crippen molar-refractivity contribution in [3.05, 3.63) is 21.9 Å². The Morgan fingerprint density at radius 2 is 2.41 bits per heavy atom. The van der Waals surface area contributed by atoms with E-state index in [1.807, 2.05) is 11.8 Å². The fourth-order valence-electron chi connectivity index (χ4n) is 2.14. The van der Waals surface area contributed by atoms with Gasteiger partial charge in [-0.3, -0.25) is 4.79 Å². The lowest BCUT2D eigenvalue weighted by Crippen LogP contribution is -2.48. The highest BCUT2D eigenvalue weighted by Crippen LogP contribution is 2.24. The Bertz CT molecular complexity index is 402. The second kappa shape index (κ2) is 5.19. The molecule has 3 nitrogen and oxygen atoms in total. The van der Waals surface area contributed by atoms with Crippen LogP contribution in [0.15, 0.2) is 11.4 Å². The van der Waals surface area contributed by atoms with Gasteiger partial charge in [-0.1, -0.05) is 20.3 Å². The summed E-state index contributed by atoms with van der Waals surface area (Å²) in [5, 5.41) is 2.10. The summed E-state index contributed by atoms with van der Waals surface area (Å²) in [6.45, 7) is 5.67. The Hall–Kier alpha value is -0.870. The van der Waals surface area contributed by atoms with Gasteiger partial charge in [0.15, 0.2) is 0 Å². The van der Waals surface area contributed by atoms with Gasteiger partial charge in [-0.2, -0.15) is 0 Å². The smallest absolute Gasteiger partial charge is 0.240 e. The summed E-state index contributed by atoms with van der Waals surface area (Å²) in [7, 11) is 0. The third kappa shape index (κ3) is 2.53. The fourth-order valence-corrected chi connectivity index (χ4v) is 3.03. The number of thiophene rings is 1. The first kappa shape index (κ1) is 12.6. The second-order valence-electron chi connectivity index (χ2n) is 4.79.